The molecule has 1 aliphatic carbocycles. The topological polar surface area (TPSA) is 95.5 Å². The van der Waals surface area contributed by atoms with Crippen molar-refractivity contribution in [3.05, 3.63) is 35.4 Å². The van der Waals surface area contributed by atoms with Crippen LogP contribution in [0.2, 0.25) is 0 Å². The normalized spacial score (nSPS) is 21.7. The van der Waals surface area contributed by atoms with E-state index in [4.69, 9.17) is 5.11 Å². The molecule has 0 bridgehead atoms. The van der Waals surface area contributed by atoms with Crippen molar-refractivity contribution >= 4 is 17.8 Å². The Labute approximate surface area is 148 Å². The van der Waals surface area contributed by atoms with Crippen LogP contribution in [0.15, 0.2) is 24.3 Å². The van der Waals surface area contributed by atoms with E-state index >= 15 is 0 Å². The summed E-state index contributed by atoms with van der Waals surface area (Å²) < 4.78 is 0. The number of aryl methyl sites for hydroxylation is 2. The van der Waals surface area contributed by atoms with E-state index in [9.17, 15) is 14.4 Å². The van der Waals surface area contributed by atoms with Gasteiger partial charge in [-0.2, -0.15) is 0 Å². The second kappa shape index (κ2) is 7.68. The highest BCUT2D eigenvalue weighted by atomic mass is 16.4. The predicted octanol–water partition coefficient (Wildman–Crippen LogP) is 1.66. The van der Waals surface area contributed by atoms with Gasteiger partial charge < -0.3 is 15.7 Å². The van der Waals surface area contributed by atoms with Crippen LogP contribution in [-0.4, -0.2) is 35.0 Å². The SMILES string of the molecule is Cc1ccc(CCC(=O)NC2(C(=O)NCC(=O)O)CC2C(C)C)cc1. The van der Waals surface area contributed by atoms with Gasteiger partial charge in [-0.3, -0.25) is 14.4 Å². The number of carboxylic acids is 1. The minimum absolute atomic E-state index is 0.0321. The molecule has 1 fully saturated rings. The second-order valence-electron chi connectivity index (χ2n) is 7.14. The van der Waals surface area contributed by atoms with Crippen LogP contribution < -0.4 is 10.6 Å². The summed E-state index contributed by atoms with van der Waals surface area (Å²) in [7, 11) is 0. The lowest BCUT2D eigenvalue weighted by Gasteiger charge is -2.20. The van der Waals surface area contributed by atoms with Gasteiger partial charge in [-0.1, -0.05) is 43.7 Å². The number of carbonyl (C=O) groups excluding carboxylic acids is 2. The first kappa shape index (κ1) is 19.0. The second-order valence-corrected chi connectivity index (χ2v) is 7.14. The minimum Gasteiger partial charge on any atom is -0.480 e. The van der Waals surface area contributed by atoms with Gasteiger partial charge in [0.25, 0.3) is 0 Å². The Hall–Kier alpha value is -2.37. The molecule has 0 radical (unpaired) electrons. The van der Waals surface area contributed by atoms with Gasteiger partial charge in [-0.05, 0) is 37.2 Å². The van der Waals surface area contributed by atoms with Gasteiger partial charge in [-0.15, -0.1) is 0 Å². The monoisotopic (exact) mass is 346 g/mol. The van der Waals surface area contributed by atoms with Crippen molar-refractivity contribution in [3.63, 3.8) is 0 Å². The molecule has 1 aromatic carbocycles. The number of nitrogens with one attached hydrogen (secondary N) is 2. The first-order chi connectivity index (χ1) is 11.7. The molecule has 2 atom stereocenters. The summed E-state index contributed by atoms with van der Waals surface area (Å²) in [6.07, 6.45) is 1.44. The summed E-state index contributed by atoms with van der Waals surface area (Å²) in [5.41, 5.74) is 1.27. The van der Waals surface area contributed by atoms with Crippen LogP contribution in [0, 0.1) is 18.8 Å². The van der Waals surface area contributed by atoms with Crippen LogP contribution in [-0.2, 0) is 20.8 Å². The quantitative estimate of drug-likeness (QED) is 0.667. The van der Waals surface area contributed by atoms with Gasteiger partial charge in [0.2, 0.25) is 11.8 Å². The van der Waals surface area contributed by atoms with Crippen molar-refractivity contribution in [2.45, 2.75) is 45.6 Å². The standard InChI is InChI=1S/C19H26N2O4/c1-12(2)15-10-19(15,18(25)20-11-17(23)24)21-16(22)9-8-14-6-4-13(3)5-7-14/h4-7,12,15H,8-11H2,1-3H3,(H,20,25)(H,21,22)(H,23,24). The summed E-state index contributed by atoms with van der Waals surface area (Å²) in [6.45, 7) is 5.56. The summed E-state index contributed by atoms with van der Waals surface area (Å²) in [5, 5.41) is 14.0. The molecule has 6 nitrogen and oxygen atoms in total. The first-order valence-electron chi connectivity index (χ1n) is 8.61. The van der Waals surface area contributed by atoms with E-state index in [-0.39, 0.29) is 17.7 Å². The maximum atomic E-state index is 12.4. The zero-order valence-corrected chi connectivity index (χ0v) is 15.0. The first-order valence-corrected chi connectivity index (χ1v) is 8.61. The van der Waals surface area contributed by atoms with Gasteiger partial charge in [-0.25, -0.2) is 0 Å². The summed E-state index contributed by atoms with van der Waals surface area (Å²) in [4.78, 5) is 35.4. The number of aliphatic carboxylic acids is 1. The molecular weight excluding hydrogens is 320 g/mol. The summed E-state index contributed by atoms with van der Waals surface area (Å²) >= 11 is 0. The molecule has 0 saturated heterocycles. The van der Waals surface area contributed by atoms with Crippen molar-refractivity contribution in [2.24, 2.45) is 11.8 Å². The molecule has 2 unspecified atom stereocenters. The molecule has 1 aromatic rings. The fourth-order valence-electron chi connectivity index (χ4n) is 3.19. The van der Waals surface area contributed by atoms with Gasteiger partial charge in [0.05, 0.1) is 0 Å². The lowest BCUT2D eigenvalue weighted by atomic mass is 10.0. The maximum absolute atomic E-state index is 12.4. The average Bonchev–Trinajstić information content (AvgIpc) is 3.28. The molecular formula is C19H26N2O4. The van der Waals surface area contributed by atoms with Gasteiger partial charge in [0, 0.05) is 6.42 Å². The summed E-state index contributed by atoms with van der Waals surface area (Å²) in [6, 6.07) is 7.99. The molecule has 2 amide bonds. The number of benzene rings is 1. The number of hydrogen-bond donors (Lipinski definition) is 3. The molecule has 136 valence electrons. The lowest BCUT2D eigenvalue weighted by Crippen LogP contribution is -2.52. The average molecular weight is 346 g/mol. The van der Waals surface area contributed by atoms with Crippen LogP contribution in [0.3, 0.4) is 0 Å². The largest absolute Gasteiger partial charge is 0.480 e. The fourth-order valence-corrected chi connectivity index (χ4v) is 3.19. The Bertz CT molecular complexity index is 654. The minimum atomic E-state index is -1.10. The molecule has 0 spiro atoms. The van der Waals surface area contributed by atoms with E-state index in [0.717, 1.165) is 5.56 Å². The molecule has 1 saturated carbocycles. The zero-order chi connectivity index (χ0) is 18.6. The van der Waals surface area contributed by atoms with Crippen molar-refractivity contribution in [2.75, 3.05) is 6.54 Å². The Morgan fingerprint density at radius 1 is 1.24 bits per heavy atom. The van der Waals surface area contributed by atoms with Crippen LogP contribution in [0.4, 0.5) is 0 Å². The third kappa shape index (κ3) is 4.81. The Kier molecular flexibility index (Phi) is 5.82. The van der Waals surface area contributed by atoms with Crippen molar-refractivity contribution in [1.29, 1.82) is 0 Å². The summed E-state index contributed by atoms with van der Waals surface area (Å²) in [5.74, 6) is -1.43. The van der Waals surface area contributed by atoms with E-state index in [1.54, 1.807) is 0 Å². The smallest absolute Gasteiger partial charge is 0.322 e. The third-order valence-corrected chi connectivity index (χ3v) is 4.75. The van der Waals surface area contributed by atoms with E-state index in [1.165, 1.54) is 5.56 Å². The van der Waals surface area contributed by atoms with Crippen LogP contribution in [0.5, 0.6) is 0 Å². The number of carboxylic acid groups (broad SMARTS) is 1. The molecule has 0 aliphatic heterocycles. The van der Waals surface area contributed by atoms with Crippen molar-refractivity contribution in [1.82, 2.24) is 10.6 Å². The molecule has 6 heteroatoms. The molecule has 0 heterocycles. The van der Waals surface area contributed by atoms with Crippen molar-refractivity contribution < 1.29 is 19.5 Å². The maximum Gasteiger partial charge on any atom is 0.322 e. The van der Waals surface area contributed by atoms with E-state index in [0.29, 0.717) is 19.3 Å². The van der Waals surface area contributed by atoms with Gasteiger partial charge in [0.1, 0.15) is 12.1 Å². The lowest BCUT2D eigenvalue weighted by molar-refractivity contribution is -0.138. The van der Waals surface area contributed by atoms with E-state index in [2.05, 4.69) is 10.6 Å². The molecule has 3 N–H and O–H groups in total. The van der Waals surface area contributed by atoms with Crippen LogP contribution >= 0.6 is 0 Å². The van der Waals surface area contributed by atoms with Crippen LogP contribution in [0.1, 0.15) is 37.8 Å². The van der Waals surface area contributed by atoms with Gasteiger partial charge >= 0.3 is 5.97 Å². The molecule has 25 heavy (non-hydrogen) atoms. The highest BCUT2D eigenvalue weighted by molar-refractivity contribution is 5.96. The number of hydrogen-bond acceptors (Lipinski definition) is 3. The fraction of sp³-hybridized carbons (Fsp3) is 0.526. The highest BCUT2D eigenvalue weighted by Gasteiger charge is 2.61. The van der Waals surface area contributed by atoms with Gasteiger partial charge in [0.15, 0.2) is 0 Å². The molecule has 0 aromatic heterocycles. The highest BCUT2D eigenvalue weighted by Crippen LogP contribution is 2.48. The zero-order valence-electron chi connectivity index (χ0n) is 15.0. The van der Waals surface area contributed by atoms with E-state index in [1.807, 2.05) is 45.0 Å². The number of carbonyl (C=O) groups is 3. The predicted molar refractivity (Wildman–Crippen MR) is 94.0 cm³/mol. The number of rotatable bonds is 8. The third-order valence-electron chi connectivity index (χ3n) is 4.75. The number of amides is 2. The Balaban J connectivity index is 1.95. The Morgan fingerprint density at radius 3 is 2.40 bits per heavy atom. The molecule has 1 aliphatic rings. The van der Waals surface area contributed by atoms with E-state index < -0.39 is 24.0 Å². The molecule has 2 rings (SSSR count). The Morgan fingerprint density at radius 2 is 1.88 bits per heavy atom. The van der Waals surface area contributed by atoms with Crippen LogP contribution in [0.25, 0.3) is 0 Å². The van der Waals surface area contributed by atoms with Crippen molar-refractivity contribution in [3.8, 4) is 0 Å².